The van der Waals surface area contributed by atoms with E-state index in [4.69, 9.17) is 9.84 Å². The van der Waals surface area contributed by atoms with Gasteiger partial charge in [0.25, 0.3) is 0 Å². The van der Waals surface area contributed by atoms with Gasteiger partial charge in [-0.15, -0.1) is 0 Å². The van der Waals surface area contributed by atoms with Crippen molar-refractivity contribution in [1.29, 1.82) is 0 Å². The number of fused-ring (bicyclic) bond motifs is 1. The van der Waals surface area contributed by atoms with Crippen LogP contribution in [0.4, 0.5) is 0 Å². The Morgan fingerprint density at radius 3 is 2.13 bits per heavy atom. The van der Waals surface area contributed by atoms with Crippen LogP contribution in [0, 0.1) is 5.41 Å². The maximum Gasteiger partial charge on any atom is 0.322 e. The number of nitrogens with zero attached hydrogens (tertiary/aromatic N) is 1. The highest BCUT2D eigenvalue weighted by atomic mass is 16.5. The van der Waals surface area contributed by atoms with Gasteiger partial charge in [0.15, 0.2) is 0 Å². The Hall–Kier alpha value is -2.63. The van der Waals surface area contributed by atoms with E-state index in [9.17, 15) is 9.59 Å². The van der Waals surface area contributed by atoms with E-state index in [-0.39, 0.29) is 12.5 Å². The molecule has 31 heavy (non-hydrogen) atoms. The first kappa shape index (κ1) is 30.6. The number of pyridine rings is 1. The zero-order valence-corrected chi connectivity index (χ0v) is 20.8. The normalized spacial score (nSPS) is 9.71. The molecule has 2 N–H and O–H groups in total. The van der Waals surface area contributed by atoms with Gasteiger partial charge in [0.1, 0.15) is 13.2 Å². The molecule has 0 aliphatic rings. The first-order valence-corrected chi connectivity index (χ1v) is 11.2. The van der Waals surface area contributed by atoms with Gasteiger partial charge in [-0.2, -0.15) is 0 Å². The Labute approximate surface area is 188 Å². The van der Waals surface area contributed by atoms with Gasteiger partial charge in [0, 0.05) is 17.6 Å². The topological polar surface area (TPSA) is 88.5 Å². The highest BCUT2D eigenvalue weighted by Crippen LogP contribution is 2.22. The standard InChI is InChI=1S/C18H22N2O4.C3H8.2C2H6/c1-4-12-5-6-13-9-19-15(8-14(13)7-12)24-11-18(2,3)17(23)20-10-16(21)22;1-3-2;2*1-2/h5-9H,4,10-11H2,1-3H3,(H,20,23)(H,21,22);3H2,1-2H3;2*1-2H3. The summed E-state index contributed by atoms with van der Waals surface area (Å²) in [5, 5.41) is 13.0. The van der Waals surface area contributed by atoms with Crippen molar-refractivity contribution < 1.29 is 19.4 Å². The number of aliphatic carboxylic acids is 1. The van der Waals surface area contributed by atoms with E-state index in [0.29, 0.717) is 5.88 Å². The molecule has 1 aromatic heterocycles. The Bertz CT molecular complexity index is 773. The third kappa shape index (κ3) is 12.0. The van der Waals surface area contributed by atoms with Crippen molar-refractivity contribution >= 4 is 22.6 Å². The third-order valence-electron chi connectivity index (χ3n) is 3.77. The second-order valence-electron chi connectivity index (χ2n) is 7.01. The van der Waals surface area contributed by atoms with Crippen LogP contribution in [0.15, 0.2) is 30.5 Å². The molecule has 2 aromatic rings. The number of carboxylic acids is 1. The molecule has 0 spiro atoms. The van der Waals surface area contributed by atoms with Gasteiger partial charge in [-0.1, -0.05) is 73.1 Å². The predicted octanol–water partition coefficient (Wildman–Crippen LogP) is 5.87. The van der Waals surface area contributed by atoms with Gasteiger partial charge in [-0.3, -0.25) is 9.59 Å². The number of rotatable bonds is 7. The summed E-state index contributed by atoms with van der Waals surface area (Å²) in [7, 11) is 0. The summed E-state index contributed by atoms with van der Waals surface area (Å²) in [6.45, 7) is 17.4. The van der Waals surface area contributed by atoms with Gasteiger partial charge in [0.2, 0.25) is 11.8 Å². The smallest absolute Gasteiger partial charge is 0.322 e. The van der Waals surface area contributed by atoms with Crippen LogP contribution >= 0.6 is 0 Å². The molecule has 0 saturated carbocycles. The van der Waals surface area contributed by atoms with Crippen LogP contribution in [0.3, 0.4) is 0 Å². The quantitative estimate of drug-likeness (QED) is 0.569. The molecule has 1 heterocycles. The van der Waals surface area contributed by atoms with Crippen LogP contribution in [0.2, 0.25) is 0 Å². The first-order valence-electron chi connectivity index (χ1n) is 11.2. The van der Waals surface area contributed by atoms with Crippen LogP contribution in [-0.4, -0.2) is 35.1 Å². The lowest BCUT2D eigenvalue weighted by atomic mass is 9.93. The summed E-state index contributed by atoms with van der Waals surface area (Å²) in [6, 6.07) is 8.03. The lowest BCUT2D eigenvalue weighted by Gasteiger charge is -2.23. The largest absolute Gasteiger partial charge is 0.480 e. The fraction of sp³-hybridized carbons (Fsp3) is 0.560. The van der Waals surface area contributed by atoms with Gasteiger partial charge in [-0.25, -0.2) is 4.98 Å². The average Bonchev–Trinajstić information content (AvgIpc) is 2.78. The molecule has 1 aromatic carbocycles. The molecule has 0 fully saturated rings. The molecule has 0 saturated heterocycles. The van der Waals surface area contributed by atoms with Crippen molar-refractivity contribution in [1.82, 2.24) is 10.3 Å². The number of carbonyl (C=O) groups is 2. The number of carboxylic acid groups (broad SMARTS) is 1. The molecular formula is C25H42N2O4. The van der Waals surface area contributed by atoms with Crippen molar-refractivity contribution in [3.05, 3.63) is 36.0 Å². The van der Waals surface area contributed by atoms with Crippen LogP contribution < -0.4 is 10.1 Å². The summed E-state index contributed by atoms with van der Waals surface area (Å²) in [5.74, 6) is -1.02. The number of carbonyl (C=O) groups excluding carboxylic acids is 1. The molecule has 176 valence electrons. The van der Waals surface area contributed by atoms with Crippen LogP contribution in [0.25, 0.3) is 10.8 Å². The van der Waals surface area contributed by atoms with E-state index in [1.807, 2.05) is 39.8 Å². The maximum atomic E-state index is 12.0. The maximum absolute atomic E-state index is 12.0. The zero-order valence-electron chi connectivity index (χ0n) is 20.8. The SMILES string of the molecule is CC.CC.CCC.CCc1ccc2cnc(OCC(C)(C)C(=O)NCC(=O)O)cc2c1. The molecular weight excluding hydrogens is 392 g/mol. The van der Waals surface area contributed by atoms with E-state index in [0.717, 1.165) is 17.2 Å². The minimum absolute atomic E-state index is 0.102. The number of benzene rings is 1. The van der Waals surface area contributed by atoms with Crippen molar-refractivity contribution in [2.75, 3.05) is 13.2 Å². The first-order chi connectivity index (χ1) is 14.7. The molecule has 0 aliphatic heterocycles. The molecule has 0 bridgehead atoms. The van der Waals surface area contributed by atoms with E-state index in [2.05, 4.69) is 43.2 Å². The van der Waals surface area contributed by atoms with Crippen molar-refractivity contribution in [2.24, 2.45) is 5.41 Å². The zero-order chi connectivity index (χ0) is 24.4. The van der Waals surface area contributed by atoms with Crippen LogP contribution in [0.1, 0.15) is 74.3 Å². The van der Waals surface area contributed by atoms with Gasteiger partial charge < -0.3 is 15.2 Å². The number of hydrogen-bond acceptors (Lipinski definition) is 4. The molecule has 0 radical (unpaired) electrons. The van der Waals surface area contributed by atoms with E-state index >= 15 is 0 Å². The van der Waals surface area contributed by atoms with Crippen molar-refractivity contribution in [3.63, 3.8) is 0 Å². The number of ether oxygens (including phenoxy) is 1. The highest BCUT2D eigenvalue weighted by molar-refractivity contribution is 5.85. The second-order valence-corrected chi connectivity index (χ2v) is 7.01. The molecule has 0 aliphatic carbocycles. The number of amides is 1. The molecule has 0 atom stereocenters. The summed E-state index contributed by atoms with van der Waals surface area (Å²) in [5.41, 5.74) is 0.366. The summed E-state index contributed by atoms with van der Waals surface area (Å²) in [6.07, 6.45) is 3.94. The third-order valence-corrected chi connectivity index (χ3v) is 3.77. The number of aromatic nitrogens is 1. The minimum Gasteiger partial charge on any atom is -0.480 e. The molecule has 0 unspecified atom stereocenters. The lowest BCUT2D eigenvalue weighted by Crippen LogP contribution is -2.42. The molecule has 1 amide bonds. The molecule has 6 heteroatoms. The monoisotopic (exact) mass is 434 g/mol. The second kappa shape index (κ2) is 17.1. The van der Waals surface area contributed by atoms with Gasteiger partial charge in [0.05, 0.1) is 5.41 Å². The average molecular weight is 435 g/mol. The minimum atomic E-state index is -1.08. The van der Waals surface area contributed by atoms with Gasteiger partial charge in [-0.05, 0) is 31.2 Å². The van der Waals surface area contributed by atoms with E-state index in [1.54, 1.807) is 20.0 Å². The molecule has 2 rings (SSSR count). The van der Waals surface area contributed by atoms with E-state index < -0.39 is 17.9 Å². The summed E-state index contributed by atoms with van der Waals surface area (Å²) in [4.78, 5) is 26.8. The fourth-order valence-electron chi connectivity index (χ4n) is 2.18. The fourth-order valence-corrected chi connectivity index (χ4v) is 2.18. The van der Waals surface area contributed by atoms with Gasteiger partial charge >= 0.3 is 5.97 Å². The highest BCUT2D eigenvalue weighted by Gasteiger charge is 2.29. The van der Waals surface area contributed by atoms with E-state index in [1.165, 1.54) is 12.0 Å². The lowest BCUT2D eigenvalue weighted by molar-refractivity contribution is -0.140. The van der Waals surface area contributed by atoms with Crippen molar-refractivity contribution in [2.45, 2.75) is 75.2 Å². The van der Waals surface area contributed by atoms with Crippen LogP contribution in [0.5, 0.6) is 5.88 Å². The number of hydrogen-bond donors (Lipinski definition) is 2. The number of nitrogens with one attached hydrogen (secondary N) is 1. The Morgan fingerprint density at radius 1 is 1.03 bits per heavy atom. The summed E-state index contributed by atoms with van der Waals surface area (Å²) < 4.78 is 5.66. The summed E-state index contributed by atoms with van der Waals surface area (Å²) >= 11 is 0. The number of aryl methyl sites for hydroxylation is 1. The van der Waals surface area contributed by atoms with Crippen LogP contribution in [-0.2, 0) is 16.0 Å². The molecule has 6 nitrogen and oxygen atoms in total. The Balaban J connectivity index is 0. The Morgan fingerprint density at radius 2 is 1.61 bits per heavy atom. The predicted molar refractivity (Wildman–Crippen MR) is 130 cm³/mol. The van der Waals surface area contributed by atoms with Crippen molar-refractivity contribution in [3.8, 4) is 5.88 Å². The Kier molecular flexibility index (Phi) is 16.9.